The quantitative estimate of drug-likeness (QED) is 0.110. The lowest BCUT2D eigenvalue weighted by Crippen LogP contribution is -2.06. The van der Waals surface area contributed by atoms with Crippen molar-refractivity contribution in [2.75, 3.05) is 6.61 Å². The lowest BCUT2D eigenvalue weighted by atomic mass is 9.90. The van der Waals surface area contributed by atoms with Gasteiger partial charge in [0, 0.05) is 5.57 Å². The third-order valence-corrected chi connectivity index (χ3v) is 5.77. The van der Waals surface area contributed by atoms with Gasteiger partial charge in [-0.25, -0.2) is 4.79 Å². The summed E-state index contributed by atoms with van der Waals surface area (Å²) in [5.41, 5.74) is 0.496. The maximum absolute atomic E-state index is 11.4. The van der Waals surface area contributed by atoms with Crippen molar-refractivity contribution >= 4 is 5.97 Å². The minimum absolute atomic E-state index is 0.248. The van der Waals surface area contributed by atoms with Crippen molar-refractivity contribution in [2.24, 2.45) is 5.92 Å². The first-order chi connectivity index (χ1) is 13.6. The number of rotatable bonds is 21. The summed E-state index contributed by atoms with van der Waals surface area (Å²) >= 11 is 0. The first kappa shape index (κ1) is 27.2. The van der Waals surface area contributed by atoms with Crippen molar-refractivity contribution in [3.63, 3.8) is 0 Å². The molecule has 0 amide bonds. The summed E-state index contributed by atoms with van der Waals surface area (Å²) in [6.07, 6.45) is 24.5. The number of hydrogen-bond donors (Lipinski definition) is 0. The molecule has 0 N–H and O–H groups in total. The third kappa shape index (κ3) is 18.6. The van der Waals surface area contributed by atoms with Crippen LogP contribution in [-0.2, 0) is 9.53 Å². The Balaban J connectivity index is 3.65. The molecule has 0 heterocycles. The summed E-state index contributed by atoms with van der Waals surface area (Å²) in [5, 5.41) is 0. The molecule has 0 spiro atoms. The van der Waals surface area contributed by atoms with E-state index in [9.17, 15) is 4.79 Å². The maximum Gasteiger partial charge on any atom is 0.333 e. The molecule has 2 nitrogen and oxygen atoms in total. The third-order valence-electron chi connectivity index (χ3n) is 5.77. The predicted molar refractivity (Wildman–Crippen MR) is 124 cm³/mol. The van der Waals surface area contributed by atoms with Crippen molar-refractivity contribution in [3.05, 3.63) is 12.2 Å². The minimum atomic E-state index is -0.248. The molecule has 0 bridgehead atoms. The second-order valence-electron chi connectivity index (χ2n) is 8.74. The molecule has 166 valence electrons. The Morgan fingerprint density at radius 3 is 1.61 bits per heavy atom. The molecule has 0 aromatic carbocycles. The zero-order valence-electron chi connectivity index (χ0n) is 19.5. The van der Waals surface area contributed by atoms with Crippen molar-refractivity contribution in [1.29, 1.82) is 0 Å². The first-order valence-corrected chi connectivity index (χ1v) is 12.4. The van der Waals surface area contributed by atoms with Crippen LogP contribution in [0.15, 0.2) is 12.2 Å². The smallest absolute Gasteiger partial charge is 0.333 e. The molecule has 28 heavy (non-hydrogen) atoms. The van der Waals surface area contributed by atoms with Crippen molar-refractivity contribution in [1.82, 2.24) is 0 Å². The SMILES string of the molecule is C=C(C)C(=O)OCCCCCC(CCCC)CCCCCCCCCCCC. The molecule has 0 aliphatic heterocycles. The molecule has 0 radical (unpaired) electrons. The van der Waals surface area contributed by atoms with Crippen molar-refractivity contribution in [3.8, 4) is 0 Å². The lowest BCUT2D eigenvalue weighted by molar-refractivity contribution is -0.139. The van der Waals surface area contributed by atoms with Gasteiger partial charge < -0.3 is 4.74 Å². The monoisotopic (exact) mass is 394 g/mol. The Kier molecular flexibility index (Phi) is 20.3. The maximum atomic E-state index is 11.4. The number of hydrogen-bond acceptors (Lipinski definition) is 2. The van der Waals surface area contributed by atoms with Crippen LogP contribution in [0.2, 0.25) is 0 Å². The van der Waals surface area contributed by atoms with Crippen LogP contribution in [0.5, 0.6) is 0 Å². The van der Waals surface area contributed by atoms with Gasteiger partial charge in [0.2, 0.25) is 0 Å². The average molecular weight is 395 g/mol. The zero-order chi connectivity index (χ0) is 20.9. The Bertz CT molecular complexity index is 361. The standard InChI is InChI=1S/C26H50O2/c1-5-7-9-10-11-12-13-14-15-17-21-25(20-8-6-2)22-18-16-19-23-28-26(27)24(3)4/h25H,3,5-23H2,1-2,4H3. The zero-order valence-corrected chi connectivity index (χ0v) is 19.5. The second-order valence-corrected chi connectivity index (χ2v) is 8.74. The van der Waals surface area contributed by atoms with Crippen molar-refractivity contribution < 1.29 is 9.53 Å². The number of ether oxygens (including phenoxy) is 1. The number of esters is 1. The fourth-order valence-corrected chi connectivity index (χ4v) is 3.85. The molecular weight excluding hydrogens is 344 g/mol. The Labute approximate surface area is 176 Å². The minimum Gasteiger partial charge on any atom is -0.462 e. The average Bonchev–Trinajstić information content (AvgIpc) is 2.68. The topological polar surface area (TPSA) is 26.3 Å². The summed E-state index contributed by atoms with van der Waals surface area (Å²) in [6.45, 7) is 10.4. The van der Waals surface area contributed by atoms with Gasteiger partial charge in [-0.15, -0.1) is 0 Å². The van der Waals surface area contributed by atoms with Crippen LogP contribution >= 0.6 is 0 Å². The van der Waals surface area contributed by atoms with Crippen LogP contribution in [0.1, 0.15) is 136 Å². The molecule has 0 saturated carbocycles. The molecular formula is C26H50O2. The second kappa shape index (κ2) is 20.9. The highest BCUT2D eigenvalue weighted by Gasteiger charge is 2.08. The van der Waals surface area contributed by atoms with Gasteiger partial charge in [0.05, 0.1) is 6.61 Å². The van der Waals surface area contributed by atoms with Crippen LogP contribution in [0.3, 0.4) is 0 Å². The van der Waals surface area contributed by atoms with Gasteiger partial charge in [0.15, 0.2) is 0 Å². The van der Waals surface area contributed by atoms with Gasteiger partial charge in [-0.3, -0.25) is 0 Å². The largest absolute Gasteiger partial charge is 0.462 e. The Morgan fingerprint density at radius 2 is 1.11 bits per heavy atom. The molecule has 0 fully saturated rings. The van der Waals surface area contributed by atoms with Crippen LogP contribution in [0, 0.1) is 5.92 Å². The molecule has 1 atom stereocenters. The van der Waals surface area contributed by atoms with Crippen LogP contribution in [0.4, 0.5) is 0 Å². The summed E-state index contributed by atoms with van der Waals surface area (Å²) < 4.78 is 5.18. The van der Waals surface area contributed by atoms with Crippen LogP contribution in [0.25, 0.3) is 0 Å². The van der Waals surface area contributed by atoms with Crippen LogP contribution in [-0.4, -0.2) is 12.6 Å². The van der Waals surface area contributed by atoms with Crippen LogP contribution < -0.4 is 0 Å². The van der Waals surface area contributed by atoms with Gasteiger partial charge in [0.1, 0.15) is 0 Å². The Hall–Kier alpha value is -0.790. The lowest BCUT2D eigenvalue weighted by Gasteiger charge is -2.16. The summed E-state index contributed by atoms with van der Waals surface area (Å²) in [4.78, 5) is 11.4. The van der Waals surface area contributed by atoms with E-state index in [0.29, 0.717) is 12.2 Å². The predicted octanol–water partition coefficient (Wildman–Crippen LogP) is 8.78. The molecule has 0 aromatic heterocycles. The molecule has 0 saturated heterocycles. The number of unbranched alkanes of at least 4 members (excludes halogenated alkanes) is 12. The van der Waals surface area contributed by atoms with E-state index in [2.05, 4.69) is 20.4 Å². The molecule has 0 aliphatic carbocycles. The van der Waals surface area contributed by atoms with Gasteiger partial charge in [-0.1, -0.05) is 130 Å². The molecule has 0 aromatic rings. The van der Waals surface area contributed by atoms with E-state index in [0.717, 1.165) is 12.3 Å². The van der Waals surface area contributed by atoms with E-state index in [1.54, 1.807) is 6.92 Å². The van der Waals surface area contributed by atoms with Gasteiger partial charge in [0.25, 0.3) is 0 Å². The van der Waals surface area contributed by atoms with E-state index < -0.39 is 0 Å². The molecule has 0 rings (SSSR count). The van der Waals surface area contributed by atoms with Gasteiger partial charge in [-0.2, -0.15) is 0 Å². The Morgan fingerprint density at radius 1 is 0.679 bits per heavy atom. The summed E-state index contributed by atoms with van der Waals surface area (Å²) in [6, 6.07) is 0. The van der Waals surface area contributed by atoms with E-state index >= 15 is 0 Å². The fraction of sp³-hybridized carbons (Fsp3) is 0.885. The summed E-state index contributed by atoms with van der Waals surface area (Å²) in [5.74, 6) is 0.661. The summed E-state index contributed by atoms with van der Waals surface area (Å²) in [7, 11) is 0. The number of carbonyl (C=O) groups is 1. The van der Waals surface area contributed by atoms with E-state index in [-0.39, 0.29) is 5.97 Å². The normalized spacial score (nSPS) is 12.1. The van der Waals surface area contributed by atoms with E-state index in [1.807, 2.05) is 0 Å². The molecule has 1 unspecified atom stereocenters. The molecule has 0 aliphatic rings. The van der Waals surface area contributed by atoms with E-state index in [1.165, 1.54) is 109 Å². The highest BCUT2D eigenvalue weighted by atomic mass is 16.5. The highest BCUT2D eigenvalue weighted by molar-refractivity contribution is 5.86. The number of carbonyl (C=O) groups excluding carboxylic acids is 1. The van der Waals surface area contributed by atoms with E-state index in [4.69, 9.17) is 4.74 Å². The fourth-order valence-electron chi connectivity index (χ4n) is 3.85. The highest BCUT2D eigenvalue weighted by Crippen LogP contribution is 2.23. The first-order valence-electron chi connectivity index (χ1n) is 12.4. The van der Waals surface area contributed by atoms with Crippen molar-refractivity contribution in [2.45, 2.75) is 136 Å². The molecule has 2 heteroatoms. The van der Waals surface area contributed by atoms with Gasteiger partial charge in [-0.05, 0) is 19.3 Å². The van der Waals surface area contributed by atoms with Gasteiger partial charge >= 0.3 is 5.97 Å².